The van der Waals surface area contributed by atoms with Crippen molar-refractivity contribution in [2.45, 2.75) is 64.4 Å². The zero-order valence-electron chi connectivity index (χ0n) is 23.6. The van der Waals surface area contributed by atoms with Gasteiger partial charge in [0.15, 0.2) is 0 Å². The van der Waals surface area contributed by atoms with Gasteiger partial charge in [-0.25, -0.2) is 8.42 Å². The third kappa shape index (κ3) is 8.17. The van der Waals surface area contributed by atoms with Gasteiger partial charge in [-0.3, -0.25) is 13.9 Å². The summed E-state index contributed by atoms with van der Waals surface area (Å²) in [4.78, 5) is 28.9. The maximum Gasteiger partial charge on any atom is 0.264 e. The molecule has 0 fully saturated rings. The molecular formula is C31H38BrN3O4S. The fourth-order valence-corrected chi connectivity index (χ4v) is 6.08. The molecule has 0 aromatic heterocycles. The lowest BCUT2D eigenvalue weighted by Gasteiger charge is -2.33. The molecule has 0 bridgehead atoms. The number of carbonyl (C=O) groups is 2. The van der Waals surface area contributed by atoms with Crippen LogP contribution in [0.15, 0.2) is 82.2 Å². The number of hydrogen-bond donors (Lipinski definition) is 1. The summed E-state index contributed by atoms with van der Waals surface area (Å²) in [6, 6.07) is 20.3. The number of benzene rings is 3. The Labute approximate surface area is 246 Å². The van der Waals surface area contributed by atoms with Crippen LogP contribution in [0.4, 0.5) is 5.69 Å². The molecule has 1 N–H and O–H groups in total. The number of unbranched alkanes of at least 4 members (excludes halogenated alkanes) is 1. The number of hydrogen-bond acceptors (Lipinski definition) is 4. The van der Waals surface area contributed by atoms with Crippen LogP contribution in [0.2, 0.25) is 0 Å². The van der Waals surface area contributed by atoms with Crippen molar-refractivity contribution in [2.75, 3.05) is 17.4 Å². The Morgan fingerprint density at radius 2 is 1.60 bits per heavy atom. The Kier molecular flexibility index (Phi) is 11.3. The number of nitrogens with one attached hydrogen (secondary N) is 1. The first-order valence-electron chi connectivity index (χ1n) is 13.5. The Hall–Kier alpha value is -3.17. The molecule has 0 aliphatic heterocycles. The number of aryl methyl sites for hydroxylation is 2. The molecule has 0 aliphatic carbocycles. The molecule has 7 nitrogen and oxygen atoms in total. The summed E-state index contributed by atoms with van der Waals surface area (Å²) in [5.74, 6) is -0.703. The fraction of sp³-hybridized carbons (Fsp3) is 0.355. The summed E-state index contributed by atoms with van der Waals surface area (Å²) in [6.07, 6.45) is 2.15. The van der Waals surface area contributed by atoms with E-state index in [1.807, 2.05) is 52.0 Å². The summed E-state index contributed by atoms with van der Waals surface area (Å²) in [5, 5.41) is 2.95. The molecule has 0 saturated carbocycles. The van der Waals surface area contributed by atoms with Crippen LogP contribution in [-0.2, 0) is 26.2 Å². The van der Waals surface area contributed by atoms with E-state index < -0.39 is 28.5 Å². The van der Waals surface area contributed by atoms with Crippen molar-refractivity contribution in [2.24, 2.45) is 0 Å². The minimum atomic E-state index is -4.09. The van der Waals surface area contributed by atoms with Crippen molar-refractivity contribution < 1.29 is 18.0 Å². The Balaban J connectivity index is 2.03. The fourth-order valence-electron chi connectivity index (χ4n) is 4.41. The predicted molar refractivity (Wildman–Crippen MR) is 164 cm³/mol. The SMILES string of the molecule is CCCCNC(=O)[C@@H](CC)N(Cc1cccc(C)c1)C(=O)CN(c1ccc(Br)cc1)S(=O)(=O)c1ccc(C)cc1. The van der Waals surface area contributed by atoms with E-state index in [4.69, 9.17) is 0 Å². The third-order valence-corrected chi connectivity index (χ3v) is 8.97. The van der Waals surface area contributed by atoms with E-state index in [1.165, 1.54) is 4.90 Å². The lowest BCUT2D eigenvalue weighted by Crippen LogP contribution is -2.52. The van der Waals surface area contributed by atoms with E-state index >= 15 is 0 Å². The van der Waals surface area contributed by atoms with Gasteiger partial charge in [0.05, 0.1) is 10.6 Å². The van der Waals surface area contributed by atoms with Gasteiger partial charge in [0.2, 0.25) is 11.8 Å². The summed E-state index contributed by atoms with van der Waals surface area (Å²) in [7, 11) is -4.09. The number of rotatable bonds is 13. The number of sulfonamides is 1. The highest BCUT2D eigenvalue weighted by Crippen LogP contribution is 2.26. The maximum absolute atomic E-state index is 14.1. The number of nitrogens with zero attached hydrogens (tertiary/aromatic N) is 2. The van der Waals surface area contributed by atoms with Gasteiger partial charge in [0.25, 0.3) is 10.0 Å². The van der Waals surface area contributed by atoms with Gasteiger partial charge < -0.3 is 10.2 Å². The van der Waals surface area contributed by atoms with Gasteiger partial charge in [-0.15, -0.1) is 0 Å². The largest absolute Gasteiger partial charge is 0.354 e. The molecule has 0 saturated heterocycles. The number of amides is 2. The minimum absolute atomic E-state index is 0.0865. The Morgan fingerprint density at radius 3 is 2.20 bits per heavy atom. The highest BCUT2D eigenvalue weighted by Gasteiger charge is 2.33. The zero-order valence-corrected chi connectivity index (χ0v) is 26.0. The van der Waals surface area contributed by atoms with Gasteiger partial charge in [-0.1, -0.05) is 83.7 Å². The van der Waals surface area contributed by atoms with Gasteiger partial charge in [0, 0.05) is 17.6 Å². The number of anilines is 1. The van der Waals surface area contributed by atoms with Gasteiger partial charge in [-0.2, -0.15) is 0 Å². The van der Waals surface area contributed by atoms with Crippen LogP contribution in [-0.4, -0.2) is 44.3 Å². The molecule has 0 radical (unpaired) electrons. The van der Waals surface area contributed by atoms with E-state index in [-0.39, 0.29) is 17.3 Å². The standard InChI is InChI=1S/C31H38BrN3O4S/c1-5-7-19-33-31(37)29(6-2)34(21-25-10-8-9-24(4)20-25)30(36)22-35(27-15-13-26(32)14-16-27)40(38,39)28-17-11-23(3)12-18-28/h8-18,20,29H,5-7,19,21-22H2,1-4H3,(H,33,37)/t29-/m1/s1. The van der Waals surface area contributed by atoms with Crippen LogP contribution >= 0.6 is 15.9 Å². The molecule has 0 unspecified atom stereocenters. The molecule has 2 amide bonds. The molecule has 40 heavy (non-hydrogen) atoms. The average molecular weight is 629 g/mol. The highest BCUT2D eigenvalue weighted by molar-refractivity contribution is 9.10. The molecule has 3 aromatic carbocycles. The average Bonchev–Trinajstić information content (AvgIpc) is 2.92. The first-order valence-corrected chi connectivity index (χ1v) is 15.8. The minimum Gasteiger partial charge on any atom is -0.354 e. The second kappa shape index (κ2) is 14.5. The third-order valence-electron chi connectivity index (χ3n) is 6.65. The molecular weight excluding hydrogens is 590 g/mol. The summed E-state index contributed by atoms with van der Waals surface area (Å²) >= 11 is 3.40. The quantitative estimate of drug-likeness (QED) is 0.236. The monoisotopic (exact) mass is 627 g/mol. The lowest BCUT2D eigenvalue weighted by molar-refractivity contribution is -0.140. The highest BCUT2D eigenvalue weighted by atomic mass is 79.9. The second-order valence-corrected chi connectivity index (χ2v) is 12.7. The molecule has 0 heterocycles. The summed E-state index contributed by atoms with van der Waals surface area (Å²) < 4.78 is 29.7. The zero-order chi connectivity index (χ0) is 29.3. The van der Waals surface area contributed by atoms with Crippen molar-refractivity contribution in [3.8, 4) is 0 Å². The second-order valence-electron chi connectivity index (χ2n) is 9.88. The van der Waals surface area contributed by atoms with E-state index in [0.29, 0.717) is 18.7 Å². The molecule has 0 aliphatic rings. The molecule has 1 atom stereocenters. The number of carbonyl (C=O) groups excluding carboxylic acids is 2. The van der Waals surface area contributed by atoms with E-state index in [0.717, 1.165) is 38.3 Å². The van der Waals surface area contributed by atoms with Crippen molar-refractivity contribution in [3.63, 3.8) is 0 Å². The predicted octanol–water partition coefficient (Wildman–Crippen LogP) is 5.98. The van der Waals surface area contributed by atoms with Crippen molar-refractivity contribution in [3.05, 3.63) is 94.0 Å². The van der Waals surface area contributed by atoms with Crippen LogP contribution in [0, 0.1) is 13.8 Å². The van der Waals surface area contributed by atoms with E-state index in [1.54, 1.807) is 48.5 Å². The molecule has 3 aromatic rings. The smallest absolute Gasteiger partial charge is 0.264 e. The summed E-state index contributed by atoms with van der Waals surface area (Å²) in [6.45, 7) is 7.99. The molecule has 9 heteroatoms. The lowest BCUT2D eigenvalue weighted by atomic mass is 10.1. The van der Waals surface area contributed by atoms with Gasteiger partial charge in [-0.05, 0) is 68.7 Å². The molecule has 3 rings (SSSR count). The van der Waals surface area contributed by atoms with Crippen LogP contribution in [0.1, 0.15) is 49.8 Å². The van der Waals surface area contributed by atoms with E-state index in [9.17, 15) is 18.0 Å². The molecule has 214 valence electrons. The van der Waals surface area contributed by atoms with Crippen molar-refractivity contribution in [1.29, 1.82) is 0 Å². The topological polar surface area (TPSA) is 86.8 Å². The Morgan fingerprint density at radius 1 is 0.925 bits per heavy atom. The number of halogens is 1. The summed E-state index contributed by atoms with van der Waals surface area (Å²) in [5.41, 5.74) is 3.18. The molecule has 0 spiro atoms. The van der Waals surface area contributed by atoms with Crippen LogP contribution in [0.3, 0.4) is 0 Å². The Bertz CT molecular complexity index is 1390. The van der Waals surface area contributed by atoms with Crippen LogP contribution in [0.5, 0.6) is 0 Å². The first-order chi connectivity index (χ1) is 19.1. The van der Waals surface area contributed by atoms with Crippen molar-refractivity contribution in [1.82, 2.24) is 10.2 Å². The van der Waals surface area contributed by atoms with E-state index in [2.05, 4.69) is 21.2 Å². The van der Waals surface area contributed by atoms with Gasteiger partial charge in [0.1, 0.15) is 12.6 Å². The van der Waals surface area contributed by atoms with Crippen LogP contribution < -0.4 is 9.62 Å². The van der Waals surface area contributed by atoms with Crippen molar-refractivity contribution >= 4 is 43.5 Å². The van der Waals surface area contributed by atoms with Crippen LogP contribution in [0.25, 0.3) is 0 Å². The maximum atomic E-state index is 14.1. The van der Waals surface area contributed by atoms with Gasteiger partial charge >= 0.3 is 0 Å². The normalized spacial score (nSPS) is 12.0. The first kappa shape index (κ1) is 31.4.